The van der Waals surface area contributed by atoms with Crippen molar-refractivity contribution in [3.8, 4) is 0 Å². The number of halogens is 1. The Balaban J connectivity index is 0.000000236. The molecule has 1 aliphatic heterocycles. The summed E-state index contributed by atoms with van der Waals surface area (Å²) in [6.07, 6.45) is 4.05. The first-order valence-electron chi connectivity index (χ1n) is 6.22. The van der Waals surface area contributed by atoms with Crippen LogP contribution in [-0.2, 0) is 0 Å². The van der Waals surface area contributed by atoms with E-state index in [1.54, 1.807) is 32.0 Å². The maximum absolute atomic E-state index is 11.9. The van der Waals surface area contributed by atoms with E-state index in [2.05, 4.69) is 5.32 Å². The summed E-state index contributed by atoms with van der Waals surface area (Å²) in [4.78, 5) is 0. The summed E-state index contributed by atoms with van der Waals surface area (Å²) in [7, 11) is 0. The van der Waals surface area contributed by atoms with Gasteiger partial charge >= 0.3 is 0 Å². The van der Waals surface area contributed by atoms with Gasteiger partial charge in [0.2, 0.25) is 0 Å². The highest BCUT2D eigenvalue weighted by molar-refractivity contribution is 5.02. The lowest BCUT2D eigenvalue weighted by Gasteiger charge is -2.08. The van der Waals surface area contributed by atoms with E-state index in [4.69, 9.17) is 5.11 Å². The summed E-state index contributed by atoms with van der Waals surface area (Å²) in [6.45, 7) is 5.94. The molecule has 1 heterocycles. The van der Waals surface area contributed by atoms with E-state index in [9.17, 15) is 4.39 Å². The summed E-state index contributed by atoms with van der Waals surface area (Å²) in [5, 5.41) is 11.3. The smallest absolute Gasteiger partial charge is 0.123 e. The van der Waals surface area contributed by atoms with Gasteiger partial charge in [-0.2, -0.15) is 0 Å². The van der Waals surface area contributed by atoms with E-state index < -0.39 is 0 Å². The summed E-state index contributed by atoms with van der Waals surface area (Å²) in [5.41, 5.74) is 0. The first-order valence-corrected chi connectivity index (χ1v) is 6.22. The monoisotopic (exact) mass is 241 g/mol. The molecule has 17 heavy (non-hydrogen) atoms. The molecule has 1 saturated heterocycles. The minimum atomic E-state index is -0.178. The van der Waals surface area contributed by atoms with Crippen LogP contribution >= 0.6 is 0 Å². The average Bonchev–Trinajstić information content (AvgIpc) is 2.32. The Kier molecular flexibility index (Phi) is 10.9. The van der Waals surface area contributed by atoms with Crippen LogP contribution < -0.4 is 5.32 Å². The Morgan fingerprint density at radius 2 is 1.53 bits per heavy atom. The summed E-state index contributed by atoms with van der Waals surface area (Å²) in [6, 6.07) is 7.94. The van der Waals surface area contributed by atoms with Crippen LogP contribution in [0.1, 0.15) is 33.1 Å². The van der Waals surface area contributed by atoms with Crippen LogP contribution in [0.15, 0.2) is 30.3 Å². The van der Waals surface area contributed by atoms with Crippen molar-refractivity contribution in [1.29, 1.82) is 0 Å². The zero-order valence-electron chi connectivity index (χ0n) is 10.8. The molecule has 0 unspecified atom stereocenters. The summed E-state index contributed by atoms with van der Waals surface area (Å²) in [5.74, 6) is -0.178. The molecule has 0 atom stereocenters. The fourth-order valence-corrected chi connectivity index (χ4v) is 1.22. The number of piperidine rings is 1. The quantitative estimate of drug-likeness (QED) is 0.732. The number of rotatable bonds is 0. The first kappa shape index (κ1) is 16.1. The normalized spacial score (nSPS) is 14.2. The number of benzene rings is 1. The van der Waals surface area contributed by atoms with Gasteiger partial charge in [-0.1, -0.05) is 24.6 Å². The van der Waals surface area contributed by atoms with E-state index in [0.29, 0.717) is 0 Å². The van der Waals surface area contributed by atoms with Crippen molar-refractivity contribution in [2.75, 3.05) is 13.1 Å². The second-order valence-electron chi connectivity index (χ2n) is 4.20. The molecule has 1 fully saturated rings. The second-order valence-corrected chi connectivity index (χ2v) is 4.20. The highest BCUT2D eigenvalue weighted by Gasteiger charge is 1.93. The van der Waals surface area contributed by atoms with E-state index >= 15 is 0 Å². The molecule has 0 aliphatic carbocycles. The van der Waals surface area contributed by atoms with Gasteiger partial charge in [0.1, 0.15) is 5.82 Å². The lowest BCUT2D eigenvalue weighted by Crippen LogP contribution is -2.21. The Hall–Kier alpha value is -0.930. The van der Waals surface area contributed by atoms with E-state index in [0.717, 1.165) is 0 Å². The van der Waals surface area contributed by atoms with Gasteiger partial charge < -0.3 is 10.4 Å². The number of hydrogen-bond acceptors (Lipinski definition) is 2. The van der Waals surface area contributed by atoms with Crippen LogP contribution in [0.25, 0.3) is 0 Å². The van der Waals surface area contributed by atoms with Crippen molar-refractivity contribution in [2.24, 2.45) is 0 Å². The molecule has 0 bridgehead atoms. The third-order valence-electron chi connectivity index (χ3n) is 1.94. The maximum atomic E-state index is 11.9. The minimum Gasteiger partial charge on any atom is -0.394 e. The number of hydrogen-bond donors (Lipinski definition) is 2. The van der Waals surface area contributed by atoms with Crippen LogP contribution in [0, 0.1) is 5.82 Å². The van der Waals surface area contributed by atoms with E-state index in [-0.39, 0.29) is 11.9 Å². The zero-order valence-corrected chi connectivity index (χ0v) is 10.8. The largest absolute Gasteiger partial charge is 0.394 e. The van der Waals surface area contributed by atoms with Gasteiger partial charge in [-0.3, -0.25) is 0 Å². The minimum absolute atomic E-state index is 0.167. The van der Waals surface area contributed by atoms with Crippen LogP contribution in [0.5, 0.6) is 0 Å². The molecule has 98 valence electrons. The fraction of sp³-hybridized carbons (Fsp3) is 0.571. The van der Waals surface area contributed by atoms with Gasteiger partial charge in [-0.25, -0.2) is 4.39 Å². The van der Waals surface area contributed by atoms with Gasteiger partial charge in [0.05, 0.1) is 0 Å². The highest BCUT2D eigenvalue weighted by Crippen LogP contribution is 1.96. The SMILES string of the molecule is C1CCNCC1.CC(C)O.Fc1ccccc1. The Morgan fingerprint density at radius 1 is 1.06 bits per heavy atom. The first-order chi connectivity index (χ1) is 8.13. The molecule has 1 aliphatic rings. The molecule has 2 nitrogen and oxygen atoms in total. The lowest BCUT2D eigenvalue weighted by atomic mass is 10.2. The van der Waals surface area contributed by atoms with Crippen molar-refractivity contribution in [1.82, 2.24) is 5.32 Å². The molecule has 0 aromatic heterocycles. The van der Waals surface area contributed by atoms with Gasteiger partial charge in [0.25, 0.3) is 0 Å². The molecule has 2 rings (SSSR count). The Labute approximate surface area is 104 Å². The standard InChI is InChI=1S/C6H5F.C5H11N.C3H8O/c7-6-4-2-1-3-5-6;1-2-4-6-5-3-1;1-3(2)4/h1-5H;6H,1-5H2;3-4H,1-2H3. The van der Waals surface area contributed by atoms with Crippen LogP contribution in [0.2, 0.25) is 0 Å². The fourth-order valence-electron chi connectivity index (χ4n) is 1.22. The molecule has 3 heteroatoms. The van der Waals surface area contributed by atoms with E-state index in [1.165, 1.54) is 44.5 Å². The predicted octanol–water partition coefficient (Wildman–Crippen LogP) is 2.97. The van der Waals surface area contributed by atoms with Crippen molar-refractivity contribution >= 4 is 0 Å². The maximum Gasteiger partial charge on any atom is 0.123 e. The van der Waals surface area contributed by atoms with Gasteiger partial charge in [0, 0.05) is 6.10 Å². The Bertz CT molecular complexity index is 233. The molecule has 2 N–H and O–H groups in total. The number of aliphatic hydroxyl groups excluding tert-OH is 1. The second kappa shape index (κ2) is 11.6. The molecular formula is C14H24FNO. The summed E-state index contributed by atoms with van der Waals surface area (Å²) < 4.78 is 11.9. The van der Waals surface area contributed by atoms with Gasteiger partial charge in [-0.15, -0.1) is 0 Å². The highest BCUT2D eigenvalue weighted by atomic mass is 19.1. The third kappa shape index (κ3) is 15.1. The van der Waals surface area contributed by atoms with Crippen LogP contribution in [0.4, 0.5) is 4.39 Å². The third-order valence-corrected chi connectivity index (χ3v) is 1.94. The van der Waals surface area contributed by atoms with Crippen LogP contribution in [0.3, 0.4) is 0 Å². The Morgan fingerprint density at radius 3 is 1.71 bits per heavy atom. The van der Waals surface area contributed by atoms with Crippen molar-refractivity contribution < 1.29 is 9.50 Å². The van der Waals surface area contributed by atoms with Crippen molar-refractivity contribution in [3.05, 3.63) is 36.1 Å². The predicted molar refractivity (Wildman–Crippen MR) is 70.5 cm³/mol. The van der Waals surface area contributed by atoms with Crippen molar-refractivity contribution in [3.63, 3.8) is 0 Å². The van der Waals surface area contributed by atoms with E-state index in [1.807, 2.05) is 0 Å². The molecule has 0 amide bonds. The van der Waals surface area contributed by atoms with Gasteiger partial charge in [0.15, 0.2) is 0 Å². The molecule has 0 saturated carbocycles. The molecule has 0 spiro atoms. The van der Waals surface area contributed by atoms with Gasteiger partial charge in [-0.05, 0) is 51.9 Å². The molecular weight excluding hydrogens is 217 g/mol. The van der Waals surface area contributed by atoms with Crippen LogP contribution in [-0.4, -0.2) is 24.3 Å². The molecule has 1 aromatic rings. The lowest BCUT2D eigenvalue weighted by molar-refractivity contribution is 0.216. The zero-order chi connectivity index (χ0) is 12.9. The van der Waals surface area contributed by atoms with Crippen molar-refractivity contribution in [2.45, 2.75) is 39.2 Å². The average molecular weight is 241 g/mol. The number of aliphatic hydroxyl groups is 1. The molecule has 0 radical (unpaired) electrons. The summed E-state index contributed by atoms with van der Waals surface area (Å²) >= 11 is 0. The number of nitrogens with one attached hydrogen (secondary N) is 1. The molecule has 1 aromatic carbocycles. The topological polar surface area (TPSA) is 32.3 Å².